The van der Waals surface area contributed by atoms with Crippen LogP contribution in [0.1, 0.15) is 60.7 Å². The van der Waals surface area contributed by atoms with E-state index in [9.17, 15) is 4.79 Å². The minimum absolute atomic E-state index is 0.00417. The molecule has 2 aliphatic rings. The number of ether oxygens (including phenoxy) is 1. The molecule has 0 bridgehead atoms. The molecule has 1 saturated carbocycles. The second-order valence-corrected chi connectivity index (χ2v) is 5.96. The molecular formula is C15H23N3O2. The Hall–Kier alpha value is -1.36. The molecule has 1 unspecified atom stereocenters. The summed E-state index contributed by atoms with van der Waals surface area (Å²) in [5, 5.41) is 7.49. The zero-order chi connectivity index (χ0) is 13.9. The van der Waals surface area contributed by atoms with Crippen LogP contribution in [0, 0.1) is 5.92 Å². The van der Waals surface area contributed by atoms with Gasteiger partial charge in [-0.25, -0.2) is 0 Å². The van der Waals surface area contributed by atoms with Crippen molar-refractivity contribution in [3.63, 3.8) is 0 Å². The van der Waals surface area contributed by atoms with Crippen LogP contribution in [0.25, 0.3) is 0 Å². The number of aryl methyl sites for hydroxylation is 1. The minimum Gasteiger partial charge on any atom is -0.372 e. The zero-order valence-electron chi connectivity index (χ0n) is 12.1. The molecule has 0 radical (unpaired) electrons. The summed E-state index contributed by atoms with van der Waals surface area (Å²) < 4.78 is 7.38. The Balaban J connectivity index is 1.66. The number of carbonyl (C=O) groups excluding carboxylic acids is 1. The number of hydrogen-bond donors (Lipinski definition) is 1. The van der Waals surface area contributed by atoms with Gasteiger partial charge < -0.3 is 10.1 Å². The summed E-state index contributed by atoms with van der Waals surface area (Å²) in [7, 11) is 1.85. The molecule has 2 fully saturated rings. The topological polar surface area (TPSA) is 56.2 Å². The third-order valence-electron chi connectivity index (χ3n) is 4.36. The summed E-state index contributed by atoms with van der Waals surface area (Å²) in [6.45, 7) is 1.56. The van der Waals surface area contributed by atoms with Crippen molar-refractivity contribution in [2.24, 2.45) is 13.0 Å². The molecule has 5 nitrogen and oxygen atoms in total. The van der Waals surface area contributed by atoms with Crippen LogP contribution in [-0.2, 0) is 11.8 Å². The van der Waals surface area contributed by atoms with Gasteiger partial charge in [0.25, 0.3) is 5.91 Å². The van der Waals surface area contributed by atoms with Crippen LogP contribution in [0.15, 0.2) is 6.20 Å². The van der Waals surface area contributed by atoms with Crippen molar-refractivity contribution in [2.45, 2.75) is 44.6 Å². The molecule has 1 atom stereocenters. The molecule has 110 valence electrons. The fraction of sp³-hybridized carbons (Fsp3) is 0.733. The number of aromatic nitrogens is 2. The highest BCUT2D eigenvalue weighted by molar-refractivity contribution is 5.95. The van der Waals surface area contributed by atoms with Crippen LogP contribution in [0.4, 0.5) is 0 Å². The Kier molecular flexibility index (Phi) is 4.05. The van der Waals surface area contributed by atoms with Gasteiger partial charge in [-0.2, -0.15) is 5.10 Å². The maximum absolute atomic E-state index is 12.4. The van der Waals surface area contributed by atoms with Crippen LogP contribution in [0.3, 0.4) is 0 Å². The van der Waals surface area contributed by atoms with E-state index in [1.807, 2.05) is 7.05 Å². The molecule has 2 heterocycles. The number of carbonyl (C=O) groups is 1. The van der Waals surface area contributed by atoms with E-state index in [1.54, 1.807) is 10.9 Å². The fourth-order valence-corrected chi connectivity index (χ4v) is 3.26. The van der Waals surface area contributed by atoms with Crippen molar-refractivity contribution in [1.29, 1.82) is 0 Å². The largest absolute Gasteiger partial charge is 0.372 e. The molecule has 1 N–H and O–H groups in total. The number of rotatable bonds is 4. The standard InChI is InChI=1S/C15H23N3O2/c1-18-10-12(14(17-18)13-7-4-8-20-13)15(19)16-9-11-5-2-3-6-11/h10-11,13H,2-9H2,1H3,(H,16,19). The Morgan fingerprint density at radius 2 is 2.20 bits per heavy atom. The highest BCUT2D eigenvalue weighted by Gasteiger charge is 2.27. The van der Waals surface area contributed by atoms with E-state index >= 15 is 0 Å². The van der Waals surface area contributed by atoms with E-state index in [2.05, 4.69) is 10.4 Å². The van der Waals surface area contributed by atoms with Gasteiger partial charge in [-0.05, 0) is 31.6 Å². The van der Waals surface area contributed by atoms with Crippen LogP contribution >= 0.6 is 0 Å². The lowest BCUT2D eigenvalue weighted by molar-refractivity contribution is 0.0917. The van der Waals surface area contributed by atoms with Crippen molar-refractivity contribution < 1.29 is 9.53 Å². The van der Waals surface area contributed by atoms with Crippen molar-refractivity contribution in [3.05, 3.63) is 17.5 Å². The van der Waals surface area contributed by atoms with Gasteiger partial charge in [0.2, 0.25) is 0 Å². The third kappa shape index (κ3) is 2.87. The Labute approximate surface area is 119 Å². The summed E-state index contributed by atoms with van der Waals surface area (Å²) in [6.07, 6.45) is 8.88. The molecule has 1 aromatic heterocycles. The van der Waals surface area contributed by atoms with Crippen molar-refractivity contribution in [2.75, 3.05) is 13.2 Å². The first-order valence-electron chi connectivity index (χ1n) is 7.67. The first-order valence-corrected chi connectivity index (χ1v) is 7.67. The first-order chi connectivity index (χ1) is 9.74. The SMILES string of the molecule is Cn1cc(C(=O)NCC2CCCC2)c(C2CCCO2)n1. The maximum atomic E-state index is 12.4. The molecule has 1 amide bonds. The second-order valence-electron chi connectivity index (χ2n) is 5.96. The van der Waals surface area contributed by atoms with Crippen LogP contribution < -0.4 is 5.32 Å². The van der Waals surface area contributed by atoms with Gasteiger partial charge in [-0.3, -0.25) is 9.48 Å². The zero-order valence-corrected chi connectivity index (χ0v) is 12.1. The van der Waals surface area contributed by atoms with Crippen LogP contribution in [0.5, 0.6) is 0 Å². The number of amides is 1. The quantitative estimate of drug-likeness (QED) is 0.918. The van der Waals surface area contributed by atoms with Gasteiger partial charge >= 0.3 is 0 Å². The van der Waals surface area contributed by atoms with Crippen molar-refractivity contribution in [1.82, 2.24) is 15.1 Å². The van der Waals surface area contributed by atoms with E-state index in [1.165, 1.54) is 25.7 Å². The molecule has 3 rings (SSSR count). The summed E-state index contributed by atoms with van der Waals surface area (Å²) in [5.74, 6) is 0.650. The maximum Gasteiger partial charge on any atom is 0.254 e. The van der Waals surface area contributed by atoms with Crippen LogP contribution in [0.2, 0.25) is 0 Å². The van der Waals surface area contributed by atoms with Crippen molar-refractivity contribution in [3.8, 4) is 0 Å². The van der Waals surface area contributed by atoms with Gasteiger partial charge in [0, 0.05) is 26.4 Å². The summed E-state index contributed by atoms with van der Waals surface area (Å²) >= 11 is 0. The Morgan fingerprint density at radius 3 is 2.90 bits per heavy atom. The summed E-state index contributed by atoms with van der Waals surface area (Å²) in [6, 6.07) is 0. The van der Waals surface area contributed by atoms with E-state index < -0.39 is 0 Å². The molecule has 5 heteroatoms. The lowest BCUT2D eigenvalue weighted by Gasteiger charge is -2.12. The molecule has 0 aromatic carbocycles. The number of nitrogens with one attached hydrogen (secondary N) is 1. The van der Waals surface area contributed by atoms with Gasteiger partial charge in [0.15, 0.2) is 0 Å². The number of hydrogen-bond acceptors (Lipinski definition) is 3. The van der Waals surface area contributed by atoms with Gasteiger partial charge in [-0.15, -0.1) is 0 Å². The predicted octanol–water partition coefficient (Wildman–Crippen LogP) is 2.19. The third-order valence-corrected chi connectivity index (χ3v) is 4.36. The molecule has 1 saturated heterocycles. The fourth-order valence-electron chi connectivity index (χ4n) is 3.26. The summed E-state index contributed by atoms with van der Waals surface area (Å²) in [5.41, 5.74) is 1.48. The molecule has 20 heavy (non-hydrogen) atoms. The normalized spacial score (nSPS) is 23.4. The van der Waals surface area contributed by atoms with Gasteiger partial charge in [0.05, 0.1) is 5.56 Å². The van der Waals surface area contributed by atoms with Crippen LogP contribution in [-0.4, -0.2) is 28.8 Å². The first kappa shape index (κ1) is 13.6. The van der Waals surface area contributed by atoms with Gasteiger partial charge in [-0.1, -0.05) is 12.8 Å². The predicted molar refractivity (Wildman–Crippen MR) is 75.4 cm³/mol. The van der Waals surface area contributed by atoms with E-state index in [-0.39, 0.29) is 12.0 Å². The monoisotopic (exact) mass is 277 g/mol. The number of nitrogens with zero attached hydrogens (tertiary/aromatic N) is 2. The molecule has 1 aliphatic heterocycles. The summed E-state index contributed by atoms with van der Waals surface area (Å²) in [4.78, 5) is 12.4. The minimum atomic E-state index is -0.0107. The molecule has 1 aromatic rings. The Morgan fingerprint density at radius 1 is 1.40 bits per heavy atom. The second kappa shape index (κ2) is 5.95. The van der Waals surface area contributed by atoms with E-state index in [0.717, 1.165) is 31.7 Å². The highest BCUT2D eigenvalue weighted by Crippen LogP contribution is 2.29. The average Bonchev–Trinajstić information content (AvgIpc) is 3.16. The lowest BCUT2D eigenvalue weighted by Crippen LogP contribution is -2.29. The van der Waals surface area contributed by atoms with Gasteiger partial charge in [0.1, 0.15) is 11.8 Å². The van der Waals surface area contributed by atoms with E-state index in [0.29, 0.717) is 11.5 Å². The Bertz CT molecular complexity index is 471. The average molecular weight is 277 g/mol. The highest BCUT2D eigenvalue weighted by atomic mass is 16.5. The van der Waals surface area contributed by atoms with Crippen molar-refractivity contribution >= 4 is 5.91 Å². The molecule has 0 spiro atoms. The van der Waals surface area contributed by atoms with E-state index in [4.69, 9.17) is 4.74 Å². The smallest absolute Gasteiger partial charge is 0.254 e. The molecule has 1 aliphatic carbocycles. The molecular weight excluding hydrogens is 254 g/mol. The lowest BCUT2D eigenvalue weighted by atomic mass is 10.1.